The van der Waals surface area contributed by atoms with Crippen molar-refractivity contribution in [2.24, 2.45) is 0 Å². The second kappa shape index (κ2) is 8.85. The molecule has 0 spiro atoms. The molecule has 4 nitrogen and oxygen atoms in total. The monoisotopic (exact) mass is 448 g/mol. The van der Waals surface area contributed by atoms with Gasteiger partial charge in [0.2, 0.25) is 0 Å². The van der Waals surface area contributed by atoms with Gasteiger partial charge in [-0.05, 0) is 74.6 Å². The van der Waals surface area contributed by atoms with E-state index >= 15 is 0 Å². The van der Waals surface area contributed by atoms with Gasteiger partial charge >= 0.3 is 5.97 Å². The highest BCUT2D eigenvalue weighted by molar-refractivity contribution is 8.01. The number of rotatable bonds is 7. The summed E-state index contributed by atoms with van der Waals surface area (Å²) in [4.78, 5) is 17.9. The minimum atomic E-state index is -0.877. The largest absolute Gasteiger partial charge is 0.480 e. The molecular weight excluding hydrogens is 427 g/mol. The average Bonchev–Trinajstić information content (AvgIpc) is 3.13. The first kappa shape index (κ1) is 21.8. The Kier molecular flexibility index (Phi) is 6.65. The number of hydrogen-bond acceptors (Lipinski definition) is 6. The number of benzene rings is 2. The molecule has 1 N–H and O–H groups in total. The lowest BCUT2D eigenvalue weighted by atomic mass is 10.1. The second-order valence-electron chi connectivity index (χ2n) is 7.11. The molecule has 0 bridgehead atoms. The highest BCUT2D eigenvalue weighted by Gasteiger charge is 2.29. The second-order valence-corrected chi connectivity index (χ2v) is 10.7. The molecule has 0 saturated heterocycles. The summed E-state index contributed by atoms with van der Waals surface area (Å²) in [5, 5.41) is 10.2. The van der Waals surface area contributed by atoms with E-state index in [-0.39, 0.29) is 5.82 Å². The van der Waals surface area contributed by atoms with Crippen molar-refractivity contribution < 1.29 is 14.3 Å². The molecule has 2 aromatic carbocycles. The SMILES string of the molecule is Cc1ccc(-c2nsc(CSc3ccc(SC(C)(C)C(=O)O)c(C)c3)n2)cc1F. The number of halogens is 1. The Balaban J connectivity index is 1.66. The first-order valence-corrected chi connectivity index (χ1v) is 11.5. The molecule has 0 aliphatic heterocycles. The van der Waals surface area contributed by atoms with Crippen LogP contribution >= 0.6 is 35.1 Å². The van der Waals surface area contributed by atoms with Gasteiger partial charge in [0.05, 0.1) is 5.75 Å². The van der Waals surface area contributed by atoms with Crippen LogP contribution in [0, 0.1) is 19.7 Å². The molecule has 8 heteroatoms. The Bertz CT molecular complexity index is 1050. The molecule has 3 aromatic rings. The van der Waals surface area contributed by atoms with Crippen LogP contribution < -0.4 is 0 Å². The molecule has 1 heterocycles. The summed E-state index contributed by atoms with van der Waals surface area (Å²) in [6.07, 6.45) is 0. The molecule has 0 aliphatic carbocycles. The summed E-state index contributed by atoms with van der Waals surface area (Å²) in [6.45, 7) is 7.12. The number of carboxylic acids is 1. The molecule has 29 heavy (non-hydrogen) atoms. The van der Waals surface area contributed by atoms with Gasteiger partial charge in [0.25, 0.3) is 0 Å². The molecule has 0 amide bonds. The van der Waals surface area contributed by atoms with Crippen LogP contribution in [0.5, 0.6) is 0 Å². The normalized spacial score (nSPS) is 11.6. The average molecular weight is 449 g/mol. The molecule has 152 valence electrons. The van der Waals surface area contributed by atoms with E-state index in [1.807, 2.05) is 25.1 Å². The number of aliphatic carboxylic acids is 1. The molecule has 0 unspecified atom stereocenters. The van der Waals surface area contributed by atoms with Crippen LogP contribution in [0.1, 0.15) is 30.0 Å². The lowest BCUT2D eigenvalue weighted by Gasteiger charge is -2.19. The molecule has 0 atom stereocenters. The van der Waals surface area contributed by atoms with E-state index in [1.165, 1.54) is 29.4 Å². The molecule has 1 aromatic heterocycles. The fourth-order valence-corrected chi connectivity index (χ4v) is 5.08. The van der Waals surface area contributed by atoms with Crippen molar-refractivity contribution in [1.82, 2.24) is 9.36 Å². The van der Waals surface area contributed by atoms with Crippen molar-refractivity contribution in [3.05, 3.63) is 58.3 Å². The molecule has 0 saturated carbocycles. The van der Waals surface area contributed by atoms with Gasteiger partial charge in [0, 0.05) is 15.4 Å². The number of aryl methyl sites for hydroxylation is 2. The van der Waals surface area contributed by atoms with E-state index in [4.69, 9.17) is 0 Å². The highest BCUT2D eigenvalue weighted by Crippen LogP contribution is 2.36. The van der Waals surface area contributed by atoms with Crippen molar-refractivity contribution in [2.75, 3.05) is 0 Å². The fourth-order valence-electron chi connectivity index (χ4n) is 2.45. The lowest BCUT2D eigenvalue weighted by Crippen LogP contribution is -2.27. The summed E-state index contributed by atoms with van der Waals surface area (Å²) >= 11 is 4.31. The third kappa shape index (κ3) is 5.38. The highest BCUT2D eigenvalue weighted by atomic mass is 32.2. The van der Waals surface area contributed by atoms with Crippen LogP contribution in [-0.2, 0) is 10.5 Å². The first-order valence-electron chi connectivity index (χ1n) is 8.90. The van der Waals surface area contributed by atoms with Crippen molar-refractivity contribution in [3.8, 4) is 11.4 Å². The van der Waals surface area contributed by atoms with Gasteiger partial charge < -0.3 is 5.11 Å². The van der Waals surface area contributed by atoms with Gasteiger partial charge in [-0.1, -0.05) is 12.1 Å². The van der Waals surface area contributed by atoms with E-state index in [2.05, 4.69) is 15.4 Å². The Morgan fingerprint density at radius 3 is 2.59 bits per heavy atom. The van der Waals surface area contributed by atoms with Crippen LogP contribution in [0.15, 0.2) is 46.2 Å². The minimum absolute atomic E-state index is 0.257. The Morgan fingerprint density at radius 2 is 1.93 bits per heavy atom. The maximum atomic E-state index is 13.8. The summed E-state index contributed by atoms with van der Waals surface area (Å²) in [5.74, 6) is 0.121. The van der Waals surface area contributed by atoms with Crippen molar-refractivity contribution in [2.45, 2.75) is 48.0 Å². The Labute approximate surface area is 182 Å². The molecule has 0 radical (unpaired) electrons. The fraction of sp³-hybridized carbons (Fsp3) is 0.286. The van der Waals surface area contributed by atoms with Gasteiger partial charge in [-0.25, -0.2) is 9.37 Å². The number of carboxylic acid groups (broad SMARTS) is 1. The Morgan fingerprint density at radius 1 is 1.17 bits per heavy atom. The Hall–Kier alpha value is -1.90. The van der Waals surface area contributed by atoms with Crippen LogP contribution in [0.4, 0.5) is 4.39 Å². The number of aromatic nitrogens is 2. The maximum Gasteiger partial charge on any atom is 0.319 e. The standard InChI is InChI=1S/C21H21FN2O2S3/c1-12-5-6-14(10-16(12)22)19-23-18(29-24-19)11-27-15-7-8-17(13(2)9-15)28-21(3,4)20(25)26/h5-10H,11H2,1-4H3,(H,25,26). The number of nitrogens with zero attached hydrogens (tertiary/aromatic N) is 2. The summed E-state index contributed by atoms with van der Waals surface area (Å²) in [5.41, 5.74) is 2.32. The quantitative estimate of drug-likeness (QED) is 0.434. The third-order valence-corrected chi connectivity index (χ3v) is 7.55. The van der Waals surface area contributed by atoms with Crippen molar-refractivity contribution >= 4 is 41.0 Å². The maximum absolute atomic E-state index is 13.8. The summed E-state index contributed by atoms with van der Waals surface area (Å²) < 4.78 is 17.2. The third-order valence-electron chi connectivity index (χ3n) is 4.29. The van der Waals surface area contributed by atoms with E-state index in [0.29, 0.717) is 22.7 Å². The van der Waals surface area contributed by atoms with E-state index in [9.17, 15) is 14.3 Å². The van der Waals surface area contributed by atoms with Gasteiger partial charge in [-0.15, -0.1) is 23.5 Å². The van der Waals surface area contributed by atoms with E-state index in [1.54, 1.807) is 38.6 Å². The molecule has 0 aliphatic rings. The molecular formula is C21H21FN2O2S3. The summed E-state index contributed by atoms with van der Waals surface area (Å²) in [6, 6.07) is 11.0. The summed E-state index contributed by atoms with van der Waals surface area (Å²) in [7, 11) is 0. The smallest absolute Gasteiger partial charge is 0.319 e. The minimum Gasteiger partial charge on any atom is -0.480 e. The lowest BCUT2D eigenvalue weighted by molar-refractivity contribution is -0.138. The zero-order valence-electron chi connectivity index (χ0n) is 16.5. The van der Waals surface area contributed by atoms with Gasteiger partial charge in [0.15, 0.2) is 5.82 Å². The van der Waals surface area contributed by atoms with Gasteiger partial charge in [0.1, 0.15) is 15.6 Å². The van der Waals surface area contributed by atoms with Crippen LogP contribution in [0.25, 0.3) is 11.4 Å². The predicted octanol–water partition coefficient (Wildman–Crippen LogP) is 6.21. The van der Waals surface area contributed by atoms with Crippen molar-refractivity contribution in [3.63, 3.8) is 0 Å². The van der Waals surface area contributed by atoms with Crippen LogP contribution in [-0.4, -0.2) is 25.2 Å². The van der Waals surface area contributed by atoms with Gasteiger partial charge in [-0.2, -0.15) is 4.37 Å². The predicted molar refractivity (Wildman–Crippen MR) is 118 cm³/mol. The van der Waals surface area contributed by atoms with Crippen LogP contribution in [0.3, 0.4) is 0 Å². The number of thioether (sulfide) groups is 2. The van der Waals surface area contributed by atoms with E-state index < -0.39 is 10.7 Å². The van der Waals surface area contributed by atoms with E-state index in [0.717, 1.165) is 20.4 Å². The number of carbonyl (C=O) groups is 1. The van der Waals surface area contributed by atoms with Crippen LogP contribution in [0.2, 0.25) is 0 Å². The zero-order valence-corrected chi connectivity index (χ0v) is 19.0. The zero-order chi connectivity index (χ0) is 21.2. The topological polar surface area (TPSA) is 63.1 Å². The first-order chi connectivity index (χ1) is 13.7. The molecule has 0 fully saturated rings. The molecule has 3 rings (SSSR count). The van der Waals surface area contributed by atoms with Gasteiger partial charge in [-0.3, -0.25) is 4.79 Å². The number of hydrogen-bond donors (Lipinski definition) is 1. The van der Waals surface area contributed by atoms with Crippen molar-refractivity contribution in [1.29, 1.82) is 0 Å².